The minimum Gasteiger partial charge on any atom is -0.351 e. The Kier molecular flexibility index (Phi) is 2.55. The first kappa shape index (κ1) is 12.5. The summed E-state index contributed by atoms with van der Waals surface area (Å²) >= 11 is 6.02. The van der Waals surface area contributed by atoms with Crippen molar-refractivity contribution >= 4 is 28.1 Å². The van der Waals surface area contributed by atoms with Crippen LogP contribution in [0.1, 0.15) is 23.3 Å². The van der Waals surface area contributed by atoms with Gasteiger partial charge in [-0.3, -0.25) is 0 Å². The highest BCUT2D eigenvalue weighted by Crippen LogP contribution is 2.53. The van der Waals surface area contributed by atoms with Crippen LogP contribution in [-0.4, -0.2) is 6.73 Å². The Labute approximate surface area is 133 Å². The van der Waals surface area contributed by atoms with Gasteiger partial charge in [-0.05, 0) is 46.2 Å². The second kappa shape index (κ2) is 4.48. The number of hydrogen-bond acceptors (Lipinski definition) is 2. The van der Waals surface area contributed by atoms with E-state index >= 15 is 0 Å². The fourth-order valence-electron chi connectivity index (χ4n) is 3.84. The molecular formula is C19H14ClNO. The van der Waals surface area contributed by atoms with Gasteiger partial charge in [0.1, 0.15) is 12.8 Å². The molecule has 3 aromatic carbocycles. The third kappa shape index (κ3) is 1.59. The van der Waals surface area contributed by atoms with Crippen molar-refractivity contribution in [1.29, 1.82) is 0 Å². The summed E-state index contributed by atoms with van der Waals surface area (Å²) in [6.45, 7) is 0.613. The van der Waals surface area contributed by atoms with Crippen molar-refractivity contribution in [3.05, 3.63) is 76.8 Å². The first-order chi connectivity index (χ1) is 10.8. The molecule has 3 heteroatoms. The van der Waals surface area contributed by atoms with Crippen molar-refractivity contribution in [2.45, 2.75) is 12.1 Å². The summed E-state index contributed by atoms with van der Waals surface area (Å²) in [6, 6.07) is 21.3. The van der Waals surface area contributed by atoms with Gasteiger partial charge in [-0.15, -0.1) is 0 Å². The Morgan fingerprint density at radius 2 is 1.64 bits per heavy atom. The molecule has 1 aliphatic carbocycles. The molecule has 0 saturated carbocycles. The van der Waals surface area contributed by atoms with E-state index in [2.05, 4.69) is 53.4 Å². The summed E-state index contributed by atoms with van der Waals surface area (Å²) in [5.74, 6) is 0. The zero-order valence-electron chi connectivity index (χ0n) is 11.9. The molecule has 2 nitrogen and oxygen atoms in total. The van der Waals surface area contributed by atoms with Crippen LogP contribution in [0.5, 0.6) is 0 Å². The van der Waals surface area contributed by atoms with Crippen LogP contribution in [0.2, 0.25) is 5.02 Å². The Hall–Kier alpha value is -2.03. The molecule has 5 rings (SSSR count). The maximum atomic E-state index is 6.14. The summed E-state index contributed by atoms with van der Waals surface area (Å²) in [6.07, 6.45) is 0.122. The van der Waals surface area contributed by atoms with Crippen LogP contribution in [0, 0.1) is 0 Å². The van der Waals surface area contributed by atoms with E-state index in [1.807, 2.05) is 12.1 Å². The van der Waals surface area contributed by atoms with E-state index in [9.17, 15) is 0 Å². The van der Waals surface area contributed by atoms with Gasteiger partial charge in [0.25, 0.3) is 0 Å². The fraction of sp³-hybridized carbons (Fsp3) is 0.158. The Balaban J connectivity index is 1.68. The van der Waals surface area contributed by atoms with Crippen molar-refractivity contribution in [3.8, 4) is 0 Å². The first-order valence-corrected chi connectivity index (χ1v) is 7.86. The number of anilines is 1. The van der Waals surface area contributed by atoms with Crippen molar-refractivity contribution < 1.29 is 4.74 Å². The second-order valence-corrected chi connectivity index (χ2v) is 6.34. The molecule has 3 aromatic rings. The molecule has 0 unspecified atom stereocenters. The maximum absolute atomic E-state index is 6.14. The van der Waals surface area contributed by atoms with E-state index in [1.165, 1.54) is 21.9 Å². The minimum atomic E-state index is 0.122. The molecule has 0 N–H and O–H groups in total. The quantitative estimate of drug-likeness (QED) is 0.621. The summed E-state index contributed by atoms with van der Waals surface area (Å²) in [4.78, 5) is 2.33. The van der Waals surface area contributed by atoms with E-state index in [1.54, 1.807) is 0 Å². The Bertz CT molecular complexity index is 869. The molecule has 0 radical (unpaired) electrons. The van der Waals surface area contributed by atoms with Gasteiger partial charge in [0, 0.05) is 10.7 Å². The van der Waals surface area contributed by atoms with Crippen molar-refractivity contribution in [3.63, 3.8) is 0 Å². The lowest BCUT2D eigenvalue weighted by molar-refractivity contribution is 0.109. The molecule has 0 aromatic heterocycles. The summed E-state index contributed by atoms with van der Waals surface area (Å²) in [5.41, 5.74) is 3.84. The molecule has 1 heterocycles. The zero-order valence-corrected chi connectivity index (χ0v) is 12.6. The van der Waals surface area contributed by atoms with E-state index in [0.29, 0.717) is 6.73 Å². The first-order valence-electron chi connectivity index (χ1n) is 7.48. The Morgan fingerprint density at radius 1 is 0.909 bits per heavy atom. The molecule has 0 spiro atoms. The lowest BCUT2D eigenvalue weighted by Gasteiger charge is -2.25. The minimum absolute atomic E-state index is 0.122. The highest BCUT2D eigenvalue weighted by atomic mass is 35.5. The van der Waals surface area contributed by atoms with E-state index in [0.717, 1.165) is 10.7 Å². The number of benzene rings is 3. The van der Waals surface area contributed by atoms with Crippen LogP contribution in [0.25, 0.3) is 10.8 Å². The number of nitrogens with zero attached hydrogens (tertiary/aromatic N) is 1. The lowest BCUT2D eigenvalue weighted by Crippen LogP contribution is -2.22. The van der Waals surface area contributed by atoms with E-state index in [4.69, 9.17) is 16.3 Å². The van der Waals surface area contributed by atoms with Crippen molar-refractivity contribution in [2.24, 2.45) is 0 Å². The average Bonchev–Trinajstić information content (AvgIpc) is 3.11. The highest BCUT2D eigenvalue weighted by Gasteiger charge is 2.43. The number of fused-ring (bicyclic) bond motifs is 3. The van der Waals surface area contributed by atoms with Crippen LogP contribution in [0.15, 0.2) is 60.7 Å². The van der Waals surface area contributed by atoms with E-state index < -0.39 is 0 Å². The summed E-state index contributed by atoms with van der Waals surface area (Å²) in [5, 5.41) is 3.42. The molecule has 22 heavy (non-hydrogen) atoms. The average molecular weight is 308 g/mol. The SMILES string of the molecule is Clc1ccc(N2CO[C@@H]3c4cccc5cccc(c45)[C@@H]32)cc1. The number of ether oxygens (including phenoxy) is 1. The predicted molar refractivity (Wildman–Crippen MR) is 89.3 cm³/mol. The predicted octanol–water partition coefficient (Wildman–Crippen LogP) is 5.08. The van der Waals surface area contributed by atoms with Gasteiger partial charge in [0.15, 0.2) is 0 Å². The third-order valence-electron chi connectivity index (χ3n) is 4.77. The topological polar surface area (TPSA) is 12.5 Å². The highest BCUT2D eigenvalue weighted by molar-refractivity contribution is 6.30. The lowest BCUT2D eigenvalue weighted by atomic mass is 10.0. The van der Waals surface area contributed by atoms with Gasteiger partial charge in [-0.1, -0.05) is 48.0 Å². The van der Waals surface area contributed by atoms with Gasteiger partial charge in [0.2, 0.25) is 0 Å². The monoisotopic (exact) mass is 307 g/mol. The normalized spacial score (nSPS) is 22.3. The molecule has 0 amide bonds. The third-order valence-corrected chi connectivity index (χ3v) is 5.02. The number of halogens is 1. The van der Waals surface area contributed by atoms with Crippen LogP contribution in [-0.2, 0) is 4.74 Å². The molecule has 1 saturated heterocycles. The van der Waals surface area contributed by atoms with Gasteiger partial charge >= 0.3 is 0 Å². The molecule has 1 aliphatic heterocycles. The zero-order chi connectivity index (χ0) is 14.7. The van der Waals surface area contributed by atoms with Crippen molar-refractivity contribution in [2.75, 3.05) is 11.6 Å². The van der Waals surface area contributed by atoms with Crippen LogP contribution in [0.4, 0.5) is 5.69 Å². The van der Waals surface area contributed by atoms with Crippen molar-refractivity contribution in [1.82, 2.24) is 0 Å². The van der Waals surface area contributed by atoms with Crippen LogP contribution >= 0.6 is 11.6 Å². The van der Waals surface area contributed by atoms with Gasteiger partial charge < -0.3 is 9.64 Å². The molecule has 0 bridgehead atoms. The molecule has 2 aliphatic rings. The second-order valence-electron chi connectivity index (χ2n) is 5.90. The van der Waals surface area contributed by atoms with Gasteiger partial charge in [-0.2, -0.15) is 0 Å². The summed E-state index contributed by atoms with van der Waals surface area (Å²) in [7, 11) is 0. The fourth-order valence-corrected chi connectivity index (χ4v) is 3.96. The van der Waals surface area contributed by atoms with Gasteiger partial charge in [-0.25, -0.2) is 0 Å². The maximum Gasteiger partial charge on any atom is 0.120 e. The number of rotatable bonds is 1. The summed E-state index contributed by atoms with van der Waals surface area (Å²) < 4.78 is 6.14. The van der Waals surface area contributed by atoms with Crippen LogP contribution < -0.4 is 4.90 Å². The molecule has 108 valence electrons. The molecular weight excluding hydrogens is 294 g/mol. The largest absolute Gasteiger partial charge is 0.351 e. The number of hydrogen-bond donors (Lipinski definition) is 0. The Morgan fingerprint density at radius 3 is 2.41 bits per heavy atom. The molecule has 2 atom stereocenters. The smallest absolute Gasteiger partial charge is 0.120 e. The van der Waals surface area contributed by atoms with Gasteiger partial charge in [0.05, 0.1) is 6.04 Å². The molecule has 1 fully saturated rings. The van der Waals surface area contributed by atoms with Crippen LogP contribution in [0.3, 0.4) is 0 Å². The van der Waals surface area contributed by atoms with E-state index in [-0.39, 0.29) is 12.1 Å². The standard InChI is InChI=1S/C19H14ClNO/c20-13-7-9-14(10-8-13)21-11-22-19-16-6-2-4-12-3-1-5-15(17(12)16)18(19)21/h1-10,18-19H,11H2/t18-,19+/m0/s1.